The van der Waals surface area contributed by atoms with Crippen LogP contribution in [0.4, 0.5) is 15.8 Å². The van der Waals surface area contributed by atoms with E-state index in [4.69, 9.17) is 0 Å². The predicted molar refractivity (Wildman–Crippen MR) is 115 cm³/mol. The maximum Gasteiger partial charge on any atom is 0.237 e. The Morgan fingerprint density at radius 1 is 1.07 bits per heavy atom. The number of rotatable bonds is 8. The molecule has 0 saturated carbocycles. The third kappa shape index (κ3) is 6.37. The molecule has 0 heterocycles. The summed E-state index contributed by atoms with van der Waals surface area (Å²) in [4.78, 5) is 24.4. The van der Waals surface area contributed by atoms with Crippen LogP contribution in [0.5, 0.6) is 0 Å². The fraction of sp³-hybridized carbons (Fsp3) is 0.364. The van der Waals surface area contributed by atoms with Crippen molar-refractivity contribution in [2.45, 2.75) is 45.8 Å². The van der Waals surface area contributed by atoms with Gasteiger partial charge in [-0.3, -0.25) is 9.59 Å². The molecule has 2 aromatic rings. The molecule has 4 nitrogen and oxygen atoms in total. The van der Waals surface area contributed by atoms with Gasteiger partial charge < -0.3 is 10.6 Å². The first-order valence-electron chi connectivity index (χ1n) is 9.32. The highest BCUT2D eigenvalue weighted by molar-refractivity contribution is 8.00. The number of aryl methyl sites for hydroxylation is 3. The van der Waals surface area contributed by atoms with E-state index < -0.39 is 5.82 Å². The normalized spacial score (nSPS) is 11.8. The van der Waals surface area contributed by atoms with Crippen molar-refractivity contribution in [3.8, 4) is 0 Å². The van der Waals surface area contributed by atoms with Crippen molar-refractivity contribution in [2.75, 3.05) is 16.4 Å². The molecule has 0 aliphatic rings. The van der Waals surface area contributed by atoms with Gasteiger partial charge in [0.1, 0.15) is 5.82 Å². The van der Waals surface area contributed by atoms with E-state index in [1.54, 1.807) is 19.1 Å². The molecule has 28 heavy (non-hydrogen) atoms. The van der Waals surface area contributed by atoms with Gasteiger partial charge in [0.15, 0.2) is 0 Å². The Bertz CT molecular complexity index is 831. The fourth-order valence-corrected chi connectivity index (χ4v) is 3.82. The van der Waals surface area contributed by atoms with Gasteiger partial charge >= 0.3 is 0 Å². The Morgan fingerprint density at radius 2 is 1.71 bits per heavy atom. The van der Waals surface area contributed by atoms with Crippen LogP contribution in [0.25, 0.3) is 0 Å². The first kappa shape index (κ1) is 22.0. The molecule has 0 saturated heterocycles. The van der Waals surface area contributed by atoms with Crippen molar-refractivity contribution in [3.63, 3.8) is 0 Å². The number of hydrogen-bond donors (Lipinski definition) is 2. The average molecular weight is 403 g/mol. The molecule has 0 bridgehead atoms. The summed E-state index contributed by atoms with van der Waals surface area (Å²) >= 11 is 1.45. The number of para-hydroxylation sites is 1. The second kappa shape index (κ2) is 10.3. The van der Waals surface area contributed by atoms with Crippen molar-refractivity contribution in [1.29, 1.82) is 0 Å². The van der Waals surface area contributed by atoms with E-state index in [9.17, 15) is 14.0 Å². The highest BCUT2D eigenvalue weighted by atomic mass is 32.2. The molecule has 0 aliphatic carbocycles. The lowest BCUT2D eigenvalue weighted by Crippen LogP contribution is -2.23. The summed E-state index contributed by atoms with van der Waals surface area (Å²) < 4.78 is 13.6. The van der Waals surface area contributed by atoms with Crippen LogP contribution in [-0.2, 0) is 9.59 Å². The quantitative estimate of drug-likeness (QED) is 0.595. The number of thioether (sulfide) groups is 1. The van der Waals surface area contributed by atoms with Crippen LogP contribution in [0.15, 0.2) is 36.4 Å². The number of carbonyl (C=O) groups excluding carboxylic acids is 2. The molecule has 6 heteroatoms. The first-order valence-corrected chi connectivity index (χ1v) is 10.4. The monoisotopic (exact) mass is 402 g/mol. The summed E-state index contributed by atoms with van der Waals surface area (Å²) in [6.07, 6.45) is 1.05. The third-order valence-corrected chi connectivity index (χ3v) is 5.60. The second-order valence-electron chi connectivity index (χ2n) is 6.91. The molecule has 1 atom stereocenters. The SMILES string of the molecule is Cc1cc(C)c(NC(=O)CCCSC(C)C(=O)Nc2ccccc2F)c(C)c1. The minimum Gasteiger partial charge on any atom is -0.326 e. The Labute approximate surface area is 170 Å². The van der Waals surface area contributed by atoms with Gasteiger partial charge in [-0.15, -0.1) is 11.8 Å². The van der Waals surface area contributed by atoms with Crippen LogP contribution in [0, 0.1) is 26.6 Å². The van der Waals surface area contributed by atoms with Crippen LogP contribution >= 0.6 is 11.8 Å². The zero-order valence-electron chi connectivity index (χ0n) is 16.8. The van der Waals surface area contributed by atoms with E-state index in [1.807, 2.05) is 32.9 Å². The van der Waals surface area contributed by atoms with Gasteiger partial charge in [0, 0.05) is 12.1 Å². The summed E-state index contributed by atoms with van der Waals surface area (Å²) in [5.74, 6) is -0.0542. The van der Waals surface area contributed by atoms with E-state index in [0.29, 0.717) is 18.6 Å². The molecule has 0 fully saturated rings. The van der Waals surface area contributed by atoms with Crippen LogP contribution in [-0.4, -0.2) is 22.8 Å². The van der Waals surface area contributed by atoms with Crippen LogP contribution in [0.1, 0.15) is 36.5 Å². The van der Waals surface area contributed by atoms with E-state index >= 15 is 0 Å². The number of carbonyl (C=O) groups is 2. The summed E-state index contributed by atoms with van der Waals surface area (Å²) in [6.45, 7) is 7.79. The number of halogens is 1. The molecule has 2 amide bonds. The van der Waals surface area contributed by atoms with E-state index in [2.05, 4.69) is 10.6 Å². The van der Waals surface area contributed by atoms with Crippen LogP contribution < -0.4 is 10.6 Å². The van der Waals surface area contributed by atoms with Gasteiger partial charge in [0.25, 0.3) is 0 Å². The molecule has 2 rings (SSSR count). The zero-order chi connectivity index (χ0) is 20.7. The smallest absolute Gasteiger partial charge is 0.237 e. The Hall–Kier alpha value is -2.34. The van der Waals surface area contributed by atoms with Gasteiger partial charge in [-0.1, -0.05) is 29.8 Å². The van der Waals surface area contributed by atoms with Gasteiger partial charge in [-0.05, 0) is 63.1 Å². The van der Waals surface area contributed by atoms with Crippen LogP contribution in [0.3, 0.4) is 0 Å². The zero-order valence-corrected chi connectivity index (χ0v) is 17.6. The number of amides is 2. The lowest BCUT2D eigenvalue weighted by Gasteiger charge is -2.14. The molecule has 1 unspecified atom stereocenters. The molecule has 2 aromatic carbocycles. The van der Waals surface area contributed by atoms with Gasteiger partial charge in [-0.25, -0.2) is 4.39 Å². The maximum atomic E-state index is 13.6. The summed E-state index contributed by atoms with van der Waals surface area (Å²) in [5, 5.41) is 5.25. The minimum atomic E-state index is -0.452. The largest absolute Gasteiger partial charge is 0.326 e. The number of hydrogen-bond acceptors (Lipinski definition) is 3. The fourth-order valence-electron chi connectivity index (χ4n) is 2.94. The topological polar surface area (TPSA) is 58.2 Å². The molecular weight excluding hydrogens is 375 g/mol. The Kier molecular flexibility index (Phi) is 8.05. The van der Waals surface area contributed by atoms with Gasteiger partial charge in [-0.2, -0.15) is 0 Å². The lowest BCUT2D eigenvalue weighted by atomic mass is 10.0. The van der Waals surface area contributed by atoms with E-state index in [-0.39, 0.29) is 22.8 Å². The highest BCUT2D eigenvalue weighted by Crippen LogP contribution is 2.22. The lowest BCUT2D eigenvalue weighted by molar-refractivity contribution is -0.116. The molecular formula is C22H27FN2O2S. The van der Waals surface area contributed by atoms with E-state index in [1.165, 1.54) is 29.5 Å². The van der Waals surface area contributed by atoms with Crippen LogP contribution in [0.2, 0.25) is 0 Å². The predicted octanol–water partition coefficient (Wildman–Crippen LogP) is 5.23. The highest BCUT2D eigenvalue weighted by Gasteiger charge is 2.15. The van der Waals surface area contributed by atoms with Crippen molar-refractivity contribution >= 4 is 35.0 Å². The molecule has 0 aliphatic heterocycles. The molecule has 150 valence electrons. The summed E-state index contributed by atoms with van der Waals surface area (Å²) in [5.41, 5.74) is 4.34. The standard InChI is InChI=1S/C22H27FN2O2S/c1-14-12-15(2)21(16(3)13-14)25-20(26)10-7-11-28-17(4)22(27)24-19-9-6-5-8-18(19)23/h5-6,8-9,12-13,17H,7,10-11H2,1-4H3,(H,24,27)(H,25,26). The van der Waals surface area contributed by atoms with Gasteiger partial charge in [0.2, 0.25) is 11.8 Å². The second-order valence-corrected chi connectivity index (χ2v) is 8.36. The number of anilines is 2. The van der Waals surface area contributed by atoms with Crippen molar-refractivity contribution in [3.05, 3.63) is 58.9 Å². The minimum absolute atomic E-state index is 0.0286. The molecule has 0 aromatic heterocycles. The van der Waals surface area contributed by atoms with Crippen molar-refractivity contribution in [2.24, 2.45) is 0 Å². The average Bonchev–Trinajstić information content (AvgIpc) is 2.63. The molecule has 2 N–H and O–H groups in total. The number of nitrogens with one attached hydrogen (secondary N) is 2. The third-order valence-electron chi connectivity index (χ3n) is 4.36. The van der Waals surface area contributed by atoms with Gasteiger partial charge in [0.05, 0.1) is 10.9 Å². The maximum absolute atomic E-state index is 13.6. The Morgan fingerprint density at radius 3 is 2.36 bits per heavy atom. The van der Waals surface area contributed by atoms with Crippen molar-refractivity contribution < 1.29 is 14.0 Å². The van der Waals surface area contributed by atoms with Crippen molar-refractivity contribution in [1.82, 2.24) is 0 Å². The summed E-state index contributed by atoms with van der Waals surface area (Å²) in [6, 6.07) is 10.2. The van der Waals surface area contributed by atoms with E-state index in [0.717, 1.165) is 16.8 Å². The summed E-state index contributed by atoms with van der Waals surface area (Å²) in [7, 11) is 0. The molecule has 0 radical (unpaired) electrons. The molecule has 0 spiro atoms. The number of benzene rings is 2. The first-order chi connectivity index (χ1) is 13.3. The Balaban J connectivity index is 1.74.